The molecule has 0 aliphatic heterocycles. The van der Waals surface area contributed by atoms with Crippen molar-refractivity contribution < 1.29 is 9.53 Å². The minimum absolute atomic E-state index is 0.328. The van der Waals surface area contributed by atoms with Crippen molar-refractivity contribution in [3.05, 3.63) is 39.2 Å². The fraction of sp³-hybridized carbons (Fsp3) is 0.0833. The molecule has 0 atom stereocenters. The maximum atomic E-state index is 12.1. The van der Waals surface area contributed by atoms with E-state index in [4.69, 9.17) is 10.5 Å². The highest BCUT2D eigenvalue weighted by Gasteiger charge is 2.12. The minimum Gasteiger partial charge on any atom is -0.495 e. The Morgan fingerprint density at radius 2 is 2.15 bits per heavy atom. The second-order valence-corrected chi connectivity index (χ2v) is 5.31. The molecule has 1 heterocycles. The first-order chi connectivity index (χ1) is 9.51. The van der Waals surface area contributed by atoms with E-state index in [0.717, 1.165) is 0 Å². The van der Waals surface area contributed by atoms with E-state index in [2.05, 4.69) is 47.1 Å². The fourth-order valence-electron chi connectivity index (χ4n) is 1.46. The summed E-state index contributed by atoms with van der Waals surface area (Å²) in [7, 11) is 1.49. The predicted octanol–water partition coefficient (Wildman–Crippen LogP) is 2.84. The number of carbonyl (C=O) groups excluding carboxylic acids is 1. The molecule has 0 saturated heterocycles. The van der Waals surface area contributed by atoms with E-state index < -0.39 is 0 Å². The van der Waals surface area contributed by atoms with Gasteiger partial charge < -0.3 is 15.8 Å². The van der Waals surface area contributed by atoms with Gasteiger partial charge in [-0.2, -0.15) is 0 Å². The molecule has 0 unspecified atom stereocenters. The lowest BCUT2D eigenvalue weighted by atomic mass is 10.2. The van der Waals surface area contributed by atoms with Crippen LogP contribution in [0.2, 0.25) is 0 Å². The van der Waals surface area contributed by atoms with Gasteiger partial charge in [-0.25, -0.2) is 9.97 Å². The molecule has 2 aromatic rings. The third kappa shape index (κ3) is 3.26. The molecule has 0 spiro atoms. The Balaban J connectivity index is 2.24. The Morgan fingerprint density at radius 3 is 2.80 bits per heavy atom. The first kappa shape index (κ1) is 14.7. The van der Waals surface area contributed by atoms with E-state index >= 15 is 0 Å². The molecule has 0 radical (unpaired) electrons. The van der Waals surface area contributed by atoms with Gasteiger partial charge in [-0.1, -0.05) is 0 Å². The molecule has 1 amide bonds. The third-order valence-electron chi connectivity index (χ3n) is 2.43. The van der Waals surface area contributed by atoms with Gasteiger partial charge in [0, 0.05) is 5.56 Å². The number of ether oxygens (including phenoxy) is 1. The summed E-state index contributed by atoms with van der Waals surface area (Å²) >= 11 is 6.41. The van der Waals surface area contributed by atoms with Gasteiger partial charge in [0.05, 0.1) is 19.0 Å². The molecule has 1 aromatic carbocycles. The van der Waals surface area contributed by atoms with E-state index in [0.29, 0.717) is 32.0 Å². The molecular formula is C12H10Br2N4O2. The molecular weight excluding hydrogens is 392 g/mol. The van der Waals surface area contributed by atoms with Crippen molar-refractivity contribution in [2.75, 3.05) is 18.2 Å². The maximum Gasteiger partial charge on any atom is 0.257 e. The number of halogens is 2. The monoisotopic (exact) mass is 400 g/mol. The molecule has 0 bridgehead atoms. The average molecular weight is 402 g/mol. The summed E-state index contributed by atoms with van der Waals surface area (Å²) in [6.07, 6.45) is 1.49. The van der Waals surface area contributed by atoms with Crippen LogP contribution in [0.15, 0.2) is 33.6 Å². The topological polar surface area (TPSA) is 90.1 Å². The van der Waals surface area contributed by atoms with Crippen LogP contribution in [0.3, 0.4) is 0 Å². The van der Waals surface area contributed by atoms with Crippen LogP contribution in [0.25, 0.3) is 0 Å². The third-order valence-corrected chi connectivity index (χ3v) is 3.36. The van der Waals surface area contributed by atoms with Crippen molar-refractivity contribution in [2.45, 2.75) is 0 Å². The van der Waals surface area contributed by atoms with Crippen LogP contribution < -0.4 is 15.8 Å². The normalized spacial score (nSPS) is 10.2. The van der Waals surface area contributed by atoms with E-state index in [1.54, 1.807) is 18.2 Å². The zero-order valence-corrected chi connectivity index (χ0v) is 13.5. The van der Waals surface area contributed by atoms with Crippen LogP contribution >= 0.6 is 31.9 Å². The predicted molar refractivity (Wildman–Crippen MR) is 82.8 cm³/mol. The lowest BCUT2D eigenvalue weighted by Crippen LogP contribution is -2.14. The van der Waals surface area contributed by atoms with E-state index in [1.165, 1.54) is 13.3 Å². The number of aromatic nitrogens is 2. The molecule has 8 heteroatoms. The highest BCUT2D eigenvalue weighted by Crippen LogP contribution is 2.24. The van der Waals surface area contributed by atoms with Crippen LogP contribution in [0.4, 0.5) is 11.5 Å². The number of rotatable bonds is 3. The zero-order chi connectivity index (χ0) is 14.7. The maximum absolute atomic E-state index is 12.1. The molecule has 2 rings (SSSR count). The minimum atomic E-state index is -0.333. The van der Waals surface area contributed by atoms with E-state index in [-0.39, 0.29) is 5.91 Å². The highest BCUT2D eigenvalue weighted by atomic mass is 79.9. The summed E-state index contributed by atoms with van der Waals surface area (Å²) in [6, 6.07) is 4.77. The van der Waals surface area contributed by atoms with Crippen LogP contribution in [0, 0.1) is 0 Å². The van der Waals surface area contributed by atoms with Crippen LogP contribution in [0.1, 0.15) is 10.4 Å². The van der Waals surface area contributed by atoms with Crippen molar-refractivity contribution in [3.63, 3.8) is 0 Å². The summed E-state index contributed by atoms with van der Waals surface area (Å²) in [6.45, 7) is 0. The number of anilines is 2. The number of carbonyl (C=O) groups is 1. The van der Waals surface area contributed by atoms with Crippen molar-refractivity contribution >= 4 is 49.3 Å². The van der Waals surface area contributed by atoms with E-state index in [9.17, 15) is 4.79 Å². The number of benzene rings is 1. The summed E-state index contributed by atoms with van der Waals surface area (Å²) in [5.41, 5.74) is 6.58. The number of nitrogens with zero attached hydrogens (tertiary/aromatic N) is 2. The Hall–Kier alpha value is -1.67. The van der Waals surface area contributed by atoms with Crippen molar-refractivity contribution in [3.8, 4) is 5.75 Å². The smallest absolute Gasteiger partial charge is 0.257 e. The van der Waals surface area contributed by atoms with Gasteiger partial charge in [0.25, 0.3) is 5.91 Å². The van der Waals surface area contributed by atoms with Gasteiger partial charge in [-0.05, 0) is 50.1 Å². The number of amides is 1. The molecule has 3 N–H and O–H groups in total. The van der Waals surface area contributed by atoms with Crippen molar-refractivity contribution in [1.29, 1.82) is 0 Å². The molecule has 0 fully saturated rings. The molecule has 1 aromatic heterocycles. The summed E-state index contributed by atoms with van der Waals surface area (Å²) in [4.78, 5) is 20.3. The summed E-state index contributed by atoms with van der Waals surface area (Å²) in [5.74, 6) is 0.438. The van der Waals surface area contributed by atoms with Crippen molar-refractivity contribution in [2.24, 2.45) is 0 Å². The Morgan fingerprint density at radius 1 is 1.40 bits per heavy atom. The van der Waals surface area contributed by atoms with Gasteiger partial charge in [-0.15, -0.1) is 0 Å². The molecule has 6 nitrogen and oxygen atoms in total. The zero-order valence-electron chi connectivity index (χ0n) is 10.4. The quantitative estimate of drug-likeness (QED) is 0.771. The summed E-state index contributed by atoms with van der Waals surface area (Å²) < 4.78 is 6.08. The van der Waals surface area contributed by atoms with Crippen molar-refractivity contribution in [1.82, 2.24) is 9.97 Å². The second-order valence-electron chi connectivity index (χ2n) is 3.74. The second kappa shape index (κ2) is 6.19. The van der Waals surface area contributed by atoms with Gasteiger partial charge >= 0.3 is 0 Å². The number of hydrogen-bond donors (Lipinski definition) is 2. The van der Waals surface area contributed by atoms with Gasteiger partial charge in [0.15, 0.2) is 5.82 Å². The number of nitrogens with two attached hydrogens (primary N) is 1. The molecule has 104 valence electrons. The van der Waals surface area contributed by atoms with Crippen LogP contribution in [-0.4, -0.2) is 23.0 Å². The Bertz CT molecular complexity index is 664. The average Bonchev–Trinajstić information content (AvgIpc) is 2.42. The lowest BCUT2D eigenvalue weighted by Gasteiger charge is -2.08. The summed E-state index contributed by atoms with van der Waals surface area (Å²) in [5, 5.41) is 2.65. The first-order valence-corrected chi connectivity index (χ1v) is 7.02. The van der Waals surface area contributed by atoms with Gasteiger partial charge in [0.1, 0.15) is 15.0 Å². The van der Waals surface area contributed by atoms with Gasteiger partial charge in [0.2, 0.25) is 0 Å². The number of nitrogens with one attached hydrogen (secondary N) is 1. The van der Waals surface area contributed by atoms with Gasteiger partial charge in [-0.3, -0.25) is 4.79 Å². The molecule has 0 aliphatic carbocycles. The molecule has 0 saturated carbocycles. The lowest BCUT2D eigenvalue weighted by molar-refractivity contribution is 0.102. The van der Waals surface area contributed by atoms with Crippen LogP contribution in [0.5, 0.6) is 5.75 Å². The largest absolute Gasteiger partial charge is 0.495 e. The molecule has 20 heavy (non-hydrogen) atoms. The molecule has 0 aliphatic rings. The Kier molecular flexibility index (Phi) is 4.56. The first-order valence-electron chi connectivity index (χ1n) is 5.44. The van der Waals surface area contributed by atoms with Crippen LogP contribution in [-0.2, 0) is 0 Å². The number of methoxy groups -OCH3 is 1. The number of nitrogen functional groups attached to an aromatic ring is 1. The Labute approximate surface area is 132 Å². The highest BCUT2D eigenvalue weighted by molar-refractivity contribution is 9.11. The standard InChI is InChI=1S/C12H10Br2N4O2/c1-20-8-4-6(2-3-7(8)15)12(19)18-11-10(14)17-9(13)5-16-11/h2-5H,15H2,1H3,(H,16,18,19). The fourth-order valence-corrected chi connectivity index (χ4v) is 2.37. The SMILES string of the molecule is COc1cc(C(=O)Nc2ncc(Br)nc2Br)ccc1N. The van der Waals surface area contributed by atoms with E-state index in [1.807, 2.05) is 0 Å². The number of hydrogen-bond acceptors (Lipinski definition) is 5.